The van der Waals surface area contributed by atoms with E-state index in [1.165, 1.54) is 4.90 Å². The van der Waals surface area contributed by atoms with Crippen molar-refractivity contribution in [1.82, 2.24) is 24.7 Å². The van der Waals surface area contributed by atoms with Crippen LogP contribution >= 0.6 is 0 Å². The Morgan fingerprint density at radius 2 is 1.78 bits per heavy atom. The number of carbonyl (C=O) groups excluding carboxylic acids is 3. The largest absolute Gasteiger partial charge is 0.335 e. The minimum Gasteiger partial charge on any atom is -0.335 e. The van der Waals surface area contributed by atoms with Crippen LogP contribution in [0.4, 0.5) is 0 Å². The van der Waals surface area contributed by atoms with Gasteiger partial charge in [-0.05, 0) is 18.2 Å². The molecule has 0 aliphatic carbocycles. The fraction of sp³-hybridized carbons (Fsp3) is 0.316. The first kappa shape index (κ1) is 17.1. The molecule has 1 aromatic heterocycles. The number of fused-ring (bicyclic) bond motifs is 1. The van der Waals surface area contributed by atoms with E-state index in [1.54, 1.807) is 47.4 Å². The summed E-state index contributed by atoms with van der Waals surface area (Å²) in [5.74, 6) is 0.258. The number of rotatable bonds is 2. The highest BCUT2D eigenvalue weighted by molar-refractivity contribution is 5.98. The second-order valence-corrected chi connectivity index (χ2v) is 6.70. The summed E-state index contributed by atoms with van der Waals surface area (Å²) >= 11 is 0. The number of benzene rings is 1. The summed E-state index contributed by atoms with van der Waals surface area (Å²) in [6.45, 7) is 1.12. The Balaban J connectivity index is 1.50. The minimum absolute atomic E-state index is 0.0681. The molecule has 1 atom stereocenters. The van der Waals surface area contributed by atoms with Crippen molar-refractivity contribution in [3.8, 4) is 11.4 Å². The van der Waals surface area contributed by atoms with E-state index in [-0.39, 0.29) is 30.8 Å². The van der Waals surface area contributed by atoms with Crippen LogP contribution < -0.4 is 0 Å². The molecule has 2 aromatic rings. The molecule has 0 saturated carbocycles. The average molecular weight is 365 g/mol. The predicted octanol–water partition coefficient (Wildman–Crippen LogP) is 0.269. The third-order valence-corrected chi connectivity index (χ3v) is 4.98. The van der Waals surface area contributed by atoms with Crippen molar-refractivity contribution >= 4 is 17.7 Å². The average Bonchev–Trinajstić information content (AvgIpc) is 2.72. The van der Waals surface area contributed by atoms with Gasteiger partial charge in [-0.3, -0.25) is 14.4 Å². The van der Waals surface area contributed by atoms with Gasteiger partial charge in [0.25, 0.3) is 5.91 Å². The Morgan fingerprint density at radius 3 is 2.48 bits per heavy atom. The number of carbonyl (C=O) groups is 3. The van der Waals surface area contributed by atoms with Gasteiger partial charge in [-0.2, -0.15) is 0 Å². The standard InChI is InChI=1S/C19H19N5O3/c1-22-12-16(25)24-10-9-23(11-15(24)19(22)27)18(26)14-5-3-13(4-6-14)17-20-7-2-8-21-17/h2-8,15H,9-12H2,1H3. The number of aromatic nitrogens is 2. The summed E-state index contributed by atoms with van der Waals surface area (Å²) in [6.07, 6.45) is 3.33. The lowest BCUT2D eigenvalue weighted by molar-refractivity contribution is -0.157. The molecule has 0 N–H and O–H groups in total. The molecule has 27 heavy (non-hydrogen) atoms. The molecule has 0 bridgehead atoms. The normalized spacial score (nSPS) is 19.9. The number of nitrogens with zero attached hydrogens (tertiary/aromatic N) is 5. The van der Waals surface area contributed by atoms with E-state index in [2.05, 4.69) is 9.97 Å². The van der Waals surface area contributed by atoms with Crippen LogP contribution in [0.3, 0.4) is 0 Å². The number of hydrogen-bond donors (Lipinski definition) is 0. The molecule has 2 saturated heterocycles. The number of hydrogen-bond acceptors (Lipinski definition) is 5. The molecule has 1 unspecified atom stereocenters. The number of piperazine rings is 2. The van der Waals surface area contributed by atoms with E-state index in [0.29, 0.717) is 24.5 Å². The first-order valence-corrected chi connectivity index (χ1v) is 8.76. The third kappa shape index (κ3) is 3.14. The first-order chi connectivity index (χ1) is 13.0. The molecular formula is C19H19N5O3. The zero-order valence-corrected chi connectivity index (χ0v) is 14.9. The molecule has 138 valence electrons. The Morgan fingerprint density at radius 1 is 1.07 bits per heavy atom. The zero-order valence-electron chi connectivity index (χ0n) is 14.9. The fourth-order valence-electron chi connectivity index (χ4n) is 3.50. The van der Waals surface area contributed by atoms with E-state index in [0.717, 1.165) is 5.56 Å². The molecule has 8 nitrogen and oxygen atoms in total. The van der Waals surface area contributed by atoms with Crippen LogP contribution in [0.2, 0.25) is 0 Å². The van der Waals surface area contributed by atoms with Crippen molar-refractivity contribution in [1.29, 1.82) is 0 Å². The van der Waals surface area contributed by atoms with Crippen molar-refractivity contribution in [3.05, 3.63) is 48.3 Å². The molecule has 3 heterocycles. The van der Waals surface area contributed by atoms with Crippen LogP contribution in [0.25, 0.3) is 11.4 Å². The monoisotopic (exact) mass is 365 g/mol. The van der Waals surface area contributed by atoms with Crippen LogP contribution in [0.1, 0.15) is 10.4 Å². The second-order valence-electron chi connectivity index (χ2n) is 6.70. The number of likely N-dealkylation sites (N-methyl/N-ethyl adjacent to an activating group) is 1. The predicted molar refractivity (Wildman–Crippen MR) is 96.5 cm³/mol. The molecule has 4 rings (SSSR count). The van der Waals surface area contributed by atoms with E-state index >= 15 is 0 Å². The van der Waals surface area contributed by atoms with E-state index in [1.807, 2.05) is 12.1 Å². The molecule has 2 fully saturated rings. The van der Waals surface area contributed by atoms with Crippen molar-refractivity contribution in [2.75, 3.05) is 33.2 Å². The lowest BCUT2D eigenvalue weighted by Crippen LogP contribution is -2.66. The number of amides is 3. The fourth-order valence-corrected chi connectivity index (χ4v) is 3.50. The molecule has 0 spiro atoms. The summed E-state index contributed by atoms with van der Waals surface area (Å²) < 4.78 is 0. The minimum atomic E-state index is -0.592. The highest BCUT2D eigenvalue weighted by Crippen LogP contribution is 2.20. The van der Waals surface area contributed by atoms with Gasteiger partial charge in [-0.1, -0.05) is 12.1 Å². The van der Waals surface area contributed by atoms with Crippen LogP contribution in [0.15, 0.2) is 42.7 Å². The molecule has 8 heteroatoms. The van der Waals surface area contributed by atoms with Crippen LogP contribution in [0, 0.1) is 0 Å². The molecular weight excluding hydrogens is 346 g/mol. The summed E-state index contributed by atoms with van der Waals surface area (Å²) in [5, 5.41) is 0. The molecule has 1 aromatic carbocycles. The summed E-state index contributed by atoms with van der Waals surface area (Å²) in [7, 11) is 1.61. The van der Waals surface area contributed by atoms with Crippen molar-refractivity contribution < 1.29 is 14.4 Å². The summed E-state index contributed by atoms with van der Waals surface area (Å²) in [4.78, 5) is 50.4. The van der Waals surface area contributed by atoms with Gasteiger partial charge in [0.2, 0.25) is 11.8 Å². The van der Waals surface area contributed by atoms with Crippen LogP contribution in [-0.4, -0.2) is 81.7 Å². The third-order valence-electron chi connectivity index (χ3n) is 4.98. The summed E-state index contributed by atoms with van der Waals surface area (Å²) in [6, 6.07) is 8.24. The van der Waals surface area contributed by atoms with Gasteiger partial charge in [0.05, 0.1) is 13.1 Å². The van der Waals surface area contributed by atoms with Gasteiger partial charge in [0.1, 0.15) is 6.04 Å². The van der Waals surface area contributed by atoms with Crippen LogP contribution in [-0.2, 0) is 9.59 Å². The van der Waals surface area contributed by atoms with Gasteiger partial charge in [0, 0.05) is 43.7 Å². The Labute approximate surface area is 156 Å². The Bertz CT molecular complexity index is 884. The van der Waals surface area contributed by atoms with E-state index in [9.17, 15) is 14.4 Å². The van der Waals surface area contributed by atoms with Gasteiger partial charge < -0.3 is 14.7 Å². The summed E-state index contributed by atoms with van der Waals surface area (Å²) in [5.41, 5.74) is 1.36. The smallest absolute Gasteiger partial charge is 0.253 e. The van der Waals surface area contributed by atoms with Gasteiger partial charge in [-0.15, -0.1) is 0 Å². The highest BCUT2D eigenvalue weighted by atomic mass is 16.2. The van der Waals surface area contributed by atoms with E-state index in [4.69, 9.17) is 0 Å². The maximum atomic E-state index is 12.9. The van der Waals surface area contributed by atoms with Crippen molar-refractivity contribution in [2.45, 2.75) is 6.04 Å². The van der Waals surface area contributed by atoms with Gasteiger partial charge in [0.15, 0.2) is 5.82 Å². The van der Waals surface area contributed by atoms with E-state index < -0.39 is 6.04 Å². The van der Waals surface area contributed by atoms with Crippen molar-refractivity contribution in [3.63, 3.8) is 0 Å². The SMILES string of the molecule is CN1CC(=O)N2CCN(C(=O)c3ccc(-c4ncccn4)cc3)CC2C1=O. The Kier molecular flexibility index (Phi) is 4.31. The first-order valence-electron chi connectivity index (χ1n) is 8.76. The topological polar surface area (TPSA) is 86.7 Å². The molecule has 2 aliphatic rings. The molecule has 3 amide bonds. The lowest BCUT2D eigenvalue weighted by atomic mass is 10.1. The van der Waals surface area contributed by atoms with Gasteiger partial charge >= 0.3 is 0 Å². The van der Waals surface area contributed by atoms with Crippen LogP contribution in [0.5, 0.6) is 0 Å². The van der Waals surface area contributed by atoms with Gasteiger partial charge in [-0.25, -0.2) is 9.97 Å². The highest BCUT2D eigenvalue weighted by Gasteiger charge is 2.42. The molecule has 2 aliphatic heterocycles. The Hall–Kier alpha value is -3.29. The quantitative estimate of drug-likeness (QED) is 0.762. The molecule has 0 radical (unpaired) electrons. The maximum absolute atomic E-state index is 12.9. The zero-order chi connectivity index (χ0) is 19.0. The second kappa shape index (κ2) is 6.79. The maximum Gasteiger partial charge on any atom is 0.253 e. The van der Waals surface area contributed by atoms with Crippen molar-refractivity contribution in [2.24, 2.45) is 0 Å². The lowest BCUT2D eigenvalue weighted by Gasteiger charge is -2.45.